The van der Waals surface area contributed by atoms with E-state index >= 15 is 0 Å². The van der Waals surface area contributed by atoms with Crippen molar-refractivity contribution in [3.8, 4) is 11.4 Å². The number of rotatable bonds is 13. The predicted molar refractivity (Wildman–Crippen MR) is 130 cm³/mol. The molecule has 0 bridgehead atoms. The van der Waals surface area contributed by atoms with Gasteiger partial charge >= 0.3 is 6.09 Å². The zero-order chi connectivity index (χ0) is 24.2. The van der Waals surface area contributed by atoms with Crippen LogP contribution in [-0.2, 0) is 17.8 Å². The van der Waals surface area contributed by atoms with Crippen LogP contribution in [-0.4, -0.2) is 44.7 Å². The van der Waals surface area contributed by atoms with Gasteiger partial charge in [-0.2, -0.15) is 4.98 Å². The van der Waals surface area contributed by atoms with Gasteiger partial charge in [-0.05, 0) is 37.7 Å². The van der Waals surface area contributed by atoms with Crippen LogP contribution in [0, 0.1) is 0 Å². The SMILES string of the molecule is CCCCCCCCCCc1ccc(-c2noc(CNC(=O)[C@H]3CCCCN3C(=O)O)n2)cc1. The maximum Gasteiger partial charge on any atom is 0.407 e. The highest BCUT2D eigenvalue weighted by molar-refractivity contribution is 5.85. The first-order chi connectivity index (χ1) is 16.6. The van der Waals surface area contributed by atoms with E-state index in [1.807, 2.05) is 12.1 Å². The number of amides is 2. The number of hydrogen-bond acceptors (Lipinski definition) is 5. The lowest BCUT2D eigenvalue weighted by atomic mass is 10.0. The molecule has 3 rings (SSSR count). The lowest BCUT2D eigenvalue weighted by Crippen LogP contribution is -2.51. The molecule has 1 atom stereocenters. The first-order valence-corrected chi connectivity index (χ1v) is 12.8. The predicted octanol–water partition coefficient (Wildman–Crippen LogP) is 5.57. The molecule has 1 fully saturated rings. The molecule has 186 valence electrons. The number of benzene rings is 1. The fraction of sp³-hybridized carbons (Fsp3) is 0.615. The van der Waals surface area contributed by atoms with Crippen molar-refractivity contribution in [1.82, 2.24) is 20.4 Å². The quantitative estimate of drug-likeness (QED) is 0.371. The second kappa shape index (κ2) is 13.7. The molecule has 0 spiro atoms. The van der Waals surface area contributed by atoms with E-state index in [4.69, 9.17) is 4.52 Å². The Kier molecular flexibility index (Phi) is 10.4. The van der Waals surface area contributed by atoms with Crippen LogP contribution in [0.25, 0.3) is 11.4 Å². The van der Waals surface area contributed by atoms with Crippen molar-refractivity contribution in [3.05, 3.63) is 35.7 Å². The first kappa shape index (κ1) is 25.7. The molecule has 0 unspecified atom stereocenters. The summed E-state index contributed by atoms with van der Waals surface area (Å²) in [6, 6.07) is 7.55. The summed E-state index contributed by atoms with van der Waals surface area (Å²) in [4.78, 5) is 29.4. The maximum absolute atomic E-state index is 12.5. The average Bonchev–Trinajstić information content (AvgIpc) is 3.33. The van der Waals surface area contributed by atoms with Gasteiger partial charge in [0.05, 0.1) is 6.54 Å². The number of likely N-dealkylation sites (tertiary alicyclic amines) is 1. The summed E-state index contributed by atoms with van der Waals surface area (Å²) in [5.41, 5.74) is 2.17. The van der Waals surface area contributed by atoms with Crippen molar-refractivity contribution >= 4 is 12.0 Å². The highest BCUT2D eigenvalue weighted by Gasteiger charge is 2.32. The molecule has 1 aromatic heterocycles. The van der Waals surface area contributed by atoms with Crippen LogP contribution >= 0.6 is 0 Å². The molecule has 2 amide bonds. The fourth-order valence-corrected chi connectivity index (χ4v) is 4.44. The van der Waals surface area contributed by atoms with E-state index < -0.39 is 12.1 Å². The van der Waals surface area contributed by atoms with Gasteiger partial charge in [0.1, 0.15) is 6.04 Å². The normalized spacial score (nSPS) is 15.9. The second-order valence-electron chi connectivity index (χ2n) is 9.14. The molecule has 1 aliphatic rings. The lowest BCUT2D eigenvalue weighted by molar-refractivity contribution is -0.127. The van der Waals surface area contributed by atoms with Crippen LogP contribution in [0.3, 0.4) is 0 Å². The molecule has 0 aliphatic carbocycles. The molecule has 2 N–H and O–H groups in total. The Labute approximate surface area is 202 Å². The van der Waals surface area contributed by atoms with Crippen molar-refractivity contribution in [1.29, 1.82) is 0 Å². The number of nitrogens with one attached hydrogen (secondary N) is 1. The number of carbonyl (C=O) groups excluding carboxylic acids is 1. The highest BCUT2D eigenvalue weighted by atomic mass is 16.5. The van der Waals surface area contributed by atoms with Gasteiger partial charge in [0.15, 0.2) is 0 Å². The lowest BCUT2D eigenvalue weighted by Gasteiger charge is -2.32. The molecule has 8 nitrogen and oxygen atoms in total. The third-order valence-electron chi connectivity index (χ3n) is 6.46. The third kappa shape index (κ3) is 7.85. The molecule has 2 heterocycles. The van der Waals surface area contributed by atoms with Crippen molar-refractivity contribution < 1.29 is 19.2 Å². The van der Waals surface area contributed by atoms with Gasteiger partial charge in [0, 0.05) is 12.1 Å². The summed E-state index contributed by atoms with van der Waals surface area (Å²) >= 11 is 0. The number of nitrogens with zero attached hydrogens (tertiary/aromatic N) is 3. The number of aromatic nitrogens is 2. The minimum absolute atomic E-state index is 0.0757. The van der Waals surface area contributed by atoms with E-state index in [9.17, 15) is 14.7 Å². The van der Waals surface area contributed by atoms with Crippen molar-refractivity contribution in [2.24, 2.45) is 0 Å². The van der Waals surface area contributed by atoms with Gasteiger partial charge < -0.3 is 14.9 Å². The van der Waals surface area contributed by atoms with E-state index in [0.717, 1.165) is 24.8 Å². The summed E-state index contributed by atoms with van der Waals surface area (Å²) in [6.07, 6.45) is 12.7. The monoisotopic (exact) mass is 470 g/mol. The zero-order valence-electron chi connectivity index (χ0n) is 20.3. The third-order valence-corrected chi connectivity index (χ3v) is 6.46. The molecular weight excluding hydrogens is 432 g/mol. The van der Waals surface area contributed by atoms with Crippen LogP contribution in [0.4, 0.5) is 4.79 Å². The largest absolute Gasteiger partial charge is 0.465 e. The summed E-state index contributed by atoms with van der Waals surface area (Å²) < 4.78 is 5.28. The number of carbonyl (C=O) groups is 2. The number of carboxylic acid groups (broad SMARTS) is 1. The van der Waals surface area contributed by atoms with E-state index in [2.05, 4.69) is 34.5 Å². The Bertz CT molecular complexity index is 896. The highest BCUT2D eigenvalue weighted by Crippen LogP contribution is 2.19. The molecule has 0 radical (unpaired) electrons. The van der Waals surface area contributed by atoms with Gasteiger partial charge in [-0.25, -0.2) is 4.79 Å². The smallest absolute Gasteiger partial charge is 0.407 e. The molecular formula is C26H38N4O4. The van der Waals surface area contributed by atoms with Gasteiger partial charge in [0.2, 0.25) is 17.6 Å². The second-order valence-corrected chi connectivity index (χ2v) is 9.14. The van der Waals surface area contributed by atoms with Gasteiger partial charge in [0.25, 0.3) is 0 Å². The first-order valence-electron chi connectivity index (χ1n) is 12.8. The summed E-state index contributed by atoms with van der Waals surface area (Å²) in [7, 11) is 0. The fourth-order valence-electron chi connectivity index (χ4n) is 4.44. The Morgan fingerprint density at radius 1 is 1.06 bits per heavy atom. The molecule has 2 aromatic rings. The van der Waals surface area contributed by atoms with Crippen molar-refractivity contribution in [3.63, 3.8) is 0 Å². The molecule has 8 heteroatoms. The number of unbranched alkanes of at least 4 members (excludes halogenated alkanes) is 7. The van der Waals surface area contributed by atoms with E-state index in [1.54, 1.807) is 0 Å². The van der Waals surface area contributed by atoms with Gasteiger partial charge in [-0.15, -0.1) is 0 Å². The van der Waals surface area contributed by atoms with Crippen LogP contribution in [0.1, 0.15) is 89.0 Å². The Morgan fingerprint density at radius 3 is 2.47 bits per heavy atom. The van der Waals surface area contributed by atoms with E-state index in [1.165, 1.54) is 61.8 Å². The van der Waals surface area contributed by atoms with Crippen LogP contribution in [0.5, 0.6) is 0 Å². The summed E-state index contributed by atoms with van der Waals surface area (Å²) in [6.45, 7) is 2.71. The van der Waals surface area contributed by atoms with Gasteiger partial charge in [-0.1, -0.05) is 81.3 Å². The molecule has 1 saturated heterocycles. The Morgan fingerprint density at radius 2 is 1.76 bits per heavy atom. The van der Waals surface area contributed by atoms with Crippen LogP contribution in [0.15, 0.2) is 28.8 Å². The minimum atomic E-state index is -1.06. The average molecular weight is 471 g/mol. The van der Waals surface area contributed by atoms with E-state index in [-0.39, 0.29) is 12.5 Å². The van der Waals surface area contributed by atoms with Crippen LogP contribution < -0.4 is 5.32 Å². The molecule has 34 heavy (non-hydrogen) atoms. The number of hydrogen-bond donors (Lipinski definition) is 2. The summed E-state index contributed by atoms with van der Waals surface area (Å²) in [5.74, 6) is 0.448. The minimum Gasteiger partial charge on any atom is -0.465 e. The topological polar surface area (TPSA) is 109 Å². The van der Waals surface area contributed by atoms with E-state index in [0.29, 0.717) is 24.7 Å². The molecule has 0 saturated carbocycles. The molecule has 1 aliphatic heterocycles. The standard InChI is InChI=1S/C26H38N4O4/c1-2-3-4-5-6-7-8-9-12-20-14-16-21(17-15-20)24-28-23(34-29-24)19-27-25(31)22-13-10-11-18-30(22)26(32)33/h14-17,22H,2-13,18-19H2,1H3,(H,27,31)(H,32,33)/t22-/m1/s1. The summed E-state index contributed by atoms with van der Waals surface area (Å²) in [5, 5.41) is 16.1. The molecule has 1 aromatic carbocycles. The maximum atomic E-state index is 12.5. The Hall–Kier alpha value is -2.90. The van der Waals surface area contributed by atoms with Crippen molar-refractivity contribution in [2.45, 2.75) is 96.6 Å². The van der Waals surface area contributed by atoms with Crippen molar-refractivity contribution in [2.75, 3.05) is 6.54 Å². The number of piperidine rings is 1. The zero-order valence-corrected chi connectivity index (χ0v) is 20.3. The van der Waals surface area contributed by atoms with Gasteiger partial charge in [-0.3, -0.25) is 9.69 Å². The Balaban J connectivity index is 1.41. The van der Waals surface area contributed by atoms with Crippen LogP contribution in [0.2, 0.25) is 0 Å². The number of aryl methyl sites for hydroxylation is 1.